The van der Waals surface area contributed by atoms with Crippen LogP contribution in [-0.4, -0.2) is 47.6 Å². The van der Waals surface area contributed by atoms with Crippen molar-refractivity contribution in [1.82, 2.24) is 15.2 Å². The number of hydrogen-bond donors (Lipinski definition) is 2. The van der Waals surface area contributed by atoms with E-state index in [1.807, 2.05) is 23.1 Å². The van der Waals surface area contributed by atoms with Crippen LogP contribution < -0.4 is 20.3 Å². The van der Waals surface area contributed by atoms with Gasteiger partial charge in [0.1, 0.15) is 0 Å². The predicted octanol–water partition coefficient (Wildman–Crippen LogP) is 2.91. The molecule has 0 radical (unpaired) electrons. The van der Waals surface area contributed by atoms with Crippen molar-refractivity contribution in [2.75, 3.05) is 26.5 Å². The summed E-state index contributed by atoms with van der Waals surface area (Å²) in [5, 5.41) is 4.90. The summed E-state index contributed by atoms with van der Waals surface area (Å²) >= 11 is 5.64. The Morgan fingerprint density at radius 2 is 2.14 bits per heavy atom. The fraction of sp³-hybridized carbons (Fsp3) is 0.524. The standard InChI is InChI=1S/C21H27N3O4S/c1-2-3-6-22-21(29)24(12-16-5-4-7-26-16)11-15-8-14-9-18-19(28-13-27-18)10-17(14)23-20(15)25/h8-10,16H,2-7,11-13H2,1H3,(H,22,29)(H,23,25). The van der Waals surface area contributed by atoms with Crippen molar-refractivity contribution in [2.45, 2.75) is 45.3 Å². The first kappa shape index (κ1) is 20.0. The smallest absolute Gasteiger partial charge is 0.253 e. The third-order valence-electron chi connectivity index (χ3n) is 5.32. The van der Waals surface area contributed by atoms with Gasteiger partial charge >= 0.3 is 0 Å². The fourth-order valence-corrected chi connectivity index (χ4v) is 3.94. The highest BCUT2D eigenvalue weighted by atomic mass is 32.1. The third-order valence-corrected chi connectivity index (χ3v) is 5.72. The van der Waals surface area contributed by atoms with E-state index in [0.717, 1.165) is 49.7 Å². The lowest BCUT2D eigenvalue weighted by Crippen LogP contribution is -2.44. The van der Waals surface area contributed by atoms with Crippen molar-refractivity contribution < 1.29 is 14.2 Å². The molecule has 0 amide bonds. The highest BCUT2D eigenvalue weighted by molar-refractivity contribution is 7.80. The molecule has 1 saturated heterocycles. The third kappa shape index (κ3) is 4.64. The maximum absolute atomic E-state index is 12.7. The van der Waals surface area contributed by atoms with Crippen molar-refractivity contribution in [1.29, 1.82) is 0 Å². The van der Waals surface area contributed by atoms with Crippen molar-refractivity contribution >= 4 is 28.2 Å². The molecule has 1 aromatic carbocycles. The second-order valence-corrected chi connectivity index (χ2v) is 7.90. The summed E-state index contributed by atoms with van der Waals surface area (Å²) < 4.78 is 16.7. The number of nitrogens with zero attached hydrogens (tertiary/aromatic N) is 1. The number of fused-ring (bicyclic) bond motifs is 2. The topological polar surface area (TPSA) is 75.8 Å². The van der Waals surface area contributed by atoms with Crippen LogP contribution in [-0.2, 0) is 11.3 Å². The van der Waals surface area contributed by atoms with Crippen molar-refractivity contribution in [3.63, 3.8) is 0 Å². The van der Waals surface area contributed by atoms with Gasteiger partial charge in [-0.05, 0) is 43.6 Å². The lowest BCUT2D eigenvalue weighted by atomic mass is 10.1. The molecule has 2 N–H and O–H groups in total. The first-order valence-electron chi connectivity index (χ1n) is 10.2. The van der Waals surface area contributed by atoms with Crippen LogP contribution in [0.1, 0.15) is 38.2 Å². The van der Waals surface area contributed by atoms with E-state index in [1.54, 1.807) is 0 Å². The molecule has 2 aliphatic rings. The second kappa shape index (κ2) is 9.00. The van der Waals surface area contributed by atoms with Gasteiger partial charge < -0.3 is 29.4 Å². The SMILES string of the molecule is CCCCNC(=S)N(Cc1cc2cc3c(cc2[nH]c1=O)OCO3)CC1CCCO1. The Morgan fingerprint density at radius 1 is 1.31 bits per heavy atom. The summed E-state index contributed by atoms with van der Waals surface area (Å²) in [5.74, 6) is 1.35. The van der Waals surface area contributed by atoms with Crippen LogP contribution in [0.2, 0.25) is 0 Å². The van der Waals surface area contributed by atoms with Crippen LogP contribution in [0.3, 0.4) is 0 Å². The molecule has 2 aromatic rings. The molecule has 156 valence electrons. The summed E-state index contributed by atoms with van der Waals surface area (Å²) in [4.78, 5) is 17.8. The van der Waals surface area contributed by atoms with E-state index in [1.165, 1.54) is 0 Å². The minimum absolute atomic E-state index is 0.120. The maximum Gasteiger partial charge on any atom is 0.253 e. The maximum atomic E-state index is 12.7. The molecule has 1 atom stereocenters. The molecule has 1 unspecified atom stereocenters. The minimum Gasteiger partial charge on any atom is -0.454 e. The van der Waals surface area contributed by atoms with Crippen LogP contribution in [0.15, 0.2) is 23.0 Å². The van der Waals surface area contributed by atoms with E-state index in [9.17, 15) is 4.79 Å². The molecule has 7 nitrogen and oxygen atoms in total. The lowest BCUT2D eigenvalue weighted by Gasteiger charge is -2.28. The average Bonchev–Trinajstić information content (AvgIpc) is 3.38. The Labute approximate surface area is 175 Å². The van der Waals surface area contributed by atoms with Crippen molar-refractivity contribution in [2.24, 2.45) is 0 Å². The zero-order chi connectivity index (χ0) is 20.2. The number of aromatic amines is 1. The summed E-state index contributed by atoms with van der Waals surface area (Å²) in [6.45, 7) is 5.08. The largest absolute Gasteiger partial charge is 0.454 e. The molecule has 1 aromatic heterocycles. The molecule has 0 spiro atoms. The Kier molecular flexibility index (Phi) is 6.20. The van der Waals surface area contributed by atoms with Crippen LogP contribution >= 0.6 is 12.2 Å². The molecular weight excluding hydrogens is 390 g/mol. The zero-order valence-corrected chi connectivity index (χ0v) is 17.5. The van der Waals surface area contributed by atoms with Crippen LogP contribution in [0.4, 0.5) is 0 Å². The van der Waals surface area contributed by atoms with Gasteiger partial charge in [0, 0.05) is 36.7 Å². The fourth-order valence-electron chi connectivity index (χ4n) is 3.70. The number of hydrogen-bond acceptors (Lipinski definition) is 5. The molecule has 0 saturated carbocycles. The number of thiocarbonyl (C=S) groups is 1. The van der Waals surface area contributed by atoms with Gasteiger partial charge in [-0.15, -0.1) is 0 Å². The Balaban J connectivity index is 1.57. The van der Waals surface area contributed by atoms with Crippen molar-refractivity contribution in [3.05, 3.63) is 34.1 Å². The van der Waals surface area contributed by atoms with E-state index in [0.29, 0.717) is 35.3 Å². The van der Waals surface area contributed by atoms with Gasteiger partial charge in [-0.2, -0.15) is 0 Å². The summed E-state index contributed by atoms with van der Waals surface area (Å²) in [7, 11) is 0. The summed E-state index contributed by atoms with van der Waals surface area (Å²) in [5.41, 5.74) is 1.27. The summed E-state index contributed by atoms with van der Waals surface area (Å²) in [6, 6.07) is 5.62. The molecule has 1 fully saturated rings. The van der Waals surface area contributed by atoms with Gasteiger partial charge in [-0.25, -0.2) is 0 Å². The Bertz CT molecular complexity index is 939. The highest BCUT2D eigenvalue weighted by Crippen LogP contribution is 2.35. The summed E-state index contributed by atoms with van der Waals surface area (Å²) in [6.07, 6.45) is 4.39. The number of pyridine rings is 1. The van der Waals surface area contributed by atoms with E-state index in [4.69, 9.17) is 26.4 Å². The van der Waals surface area contributed by atoms with Gasteiger partial charge in [0.2, 0.25) is 6.79 Å². The first-order valence-corrected chi connectivity index (χ1v) is 10.6. The Morgan fingerprint density at radius 3 is 2.90 bits per heavy atom. The molecule has 0 bridgehead atoms. The minimum atomic E-state index is -0.120. The van der Waals surface area contributed by atoms with Crippen LogP contribution in [0.5, 0.6) is 11.5 Å². The number of rotatable bonds is 7. The van der Waals surface area contributed by atoms with E-state index >= 15 is 0 Å². The Hall–Kier alpha value is -2.32. The van der Waals surface area contributed by atoms with Gasteiger partial charge in [-0.3, -0.25) is 4.79 Å². The molecule has 3 heterocycles. The molecule has 2 aliphatic heterocycles. The number of nitrogens with one attached hydrogen (secondary N) is 2. The monoisotopic (exact) mass is 417 g/mol. The quantitative estimate of drug-likeness (QED) is 0.530. The molecular formula is C21H27N3O4S. The van der Waals surface area contributed by atoms with Gasteiger partial charge in [-0.1, -0.05) is 13.3 Å². The van der Waals surface area contributed by atoms with E-state index < -0.39 is 0 Å². The molecule has 29 heavy (non-hydrogen) atoms. The van der Waals surface area contributed by atoms with Gasteiger partial charge in [0.05, 0.1) is 18.2 Å². The first-order chi connectivity index (χ1) is 14.1. The van der Waals surface area contributed by atoms with Gasteiger partial charge in [0.25, 0.3) is 5.56 Å². The van der Waals surface area contributed by atoms with Crippen molar-refractivity contribution in [3.8, 4) is 11.5 Å². The zero-order valence-electron chi connectivity index (χ0n) is 16.7. The number of aromatic nitrogens is 1. The van der Waals surface area contributed by atoms with Crippen LogP contribution in [0, 0.1) is 0 Å². The number of benzene rings is 1. The van der Waals surface area contributed by atoms with Gasteiger partial charge in [0.15, 0.2) is 16.6 Å². The molecule has 0 aliphatic carbocycles. The lowest BCUT2D eigenvalue weighted by molar-refractivity contribution is 0.0897. The number of unbranched alkanes of at least 4 members (excludes halogenated alkanes) is 1. The predicted molar refractivity (Wildman–Crippen MR) is 116 cm³/mol. The molecule has 8 heteroatoms. The second-order valence-electron chi connectivity index (χ2n) is 7.52. The highest BCUT2D eigenvalue weighted by Gasteiger charge is 2.22. The number of ether oxygens (including phenoxy) is 3. The van der Waals surface area contributed by atoms with E-state index in [-0.39, 0.29) is 18.5 Å². The average molecular weight is 418 g/mol. The molecule has 4 rings (SSSR count). The van der Waals surface area contributed by atoms with Crippen LogP contribution in [0.25, 0.3) is 10.9 Å². The van der Waals surface area contributed by atoms with E-state index in [2.05, 4.69) is 17.2 Å². The number of H-pyrrole nitrogens is 1. The normalized spacial score (nSPS) is 17.6.